The first-order chi connectivity index (χ1) is 12.7. The molecule has 1 aliphatic rings. The van der Waals surface area contributed by atoms with Crippen molar-refractivity contribution in [3.63, 3.8) is 0 Å². The summed E-state index contributed by atoms with van der Waals surface area (Å²) in [7, 11) is 1.66. The predicted molar refractivity (Wildman–Crippen MR) is 108 cm³/mol. The molecule has 1 aliphatic heterocycles. The lowest BCUT2D eigenvalue weighted by molar-refractivity contribution is -0.909. The highest BCUT2D eigenvalue weighted by Crippen LogP contribution is 2.17. The van der Waals surface area contributed by atoms with Crippen molar-refractivity contribution in [2.45, 2.75) is 6.04 Å². The van der Waals surface area contributed by atoms with Gasteiger partial charge in [-0.25, -0.2) is 0 Å². The van der Waals surface area contributed by atoms with E-state index >= 15 is 0 Å². The van der Waals surface area contributed by atoms with Crippen molar-refractivity contribution >= 4 is 23.0 Å². The third-order valence-corrected chi connectivity index (χ3v) is 4.75. The summed E-state index contributed by atoms with van der Waals surface area (Å²) in [6, 6.07) is 18.4. The summed E-state index contributed by atoms with van der Waals surface area (Å²) in [6.45, 7) is 4.67. The van der Waals surface area contributed by atoms with Crippen LogP contribution < -0.4 is 20.3 Å². The van der Waals surface area contributed by atoms with E-state index in [2.05, 4.69) is 34.9 Å². The van der Waals surface area contributed by atoms with Gasteiger partial charge in [-0.3, -0.25) is 0 Å². The highest BCUT2D eigenvalue weighted by atomic mass is 32.1. The zero-order chi connectivity index (χ0) is 18.2. The largest absolute Gasteiger partial charge is 0.497 e. The molecule has 6 heteroatoms. The monoisotopic (exact) mass is 372 g/mol. The number of quaternary nitrogens is 1. The molecule has 1 heterocycles. The molecule has 138 valence electrons. The van der Waals surface area contributed by atoms with E-state index < -0.39 is 0 Å². The minimum Gasteiger partial charge on any atom is -0.497 e. The highest BCUT2D eigenvalue weighted by molar-refractivity contribution is 7.80. The van der Waals surface area contributed by atoms with Crippen molar-refractivity contribution in [3.8, 4) is 5.75 Å². The number of rotatable bonds is 6. The lowest BCUT2D eigenvalue weighted by Crippen LogP contribution is -3.14. The Morgan fingerprint density at radius 1 is 1.15 bits per heavy atom. The number of hydrogen-bond acceptors (Lipinski definition) is 3. The van der Waals surface area contributed by atoms with E-state index in [4.69, 9.17) is 21.7 Å². The lowest BCUT2D eigenvalue weighted by Gasteiger charge is -2.29. The van der Waals surface area contributed by atoms with E-state index in [1.54, 1.807) is 7.11 Å². The molecule has 1 saturated heterocycles. The summed E-state index contributed by atoms with van der Waals surface area (Å²) in [5, 5.41) is 7.36. The Morgan fingerprint density at radius 3 is 2.65 bits per heavy atom. The van der Waals surface area contributed by atoms with Crippen LogP contribution in [-0.4, -0.2) is 45.1 Å². The van der Waals surface area contributed by atoms with E-state index in [0.29, 0.717) is 5.11 Å². The molecule has 1 fully saturated rings. The Kier molecular flexibility index (Phi) is 6.82. The lowest BCUT2D eigenvalue weighted by atomic mass is 10.1. The molecule has 3 rings (SSSR count). The van der Waals surface area contributed by atoms with Crippen LogP contribution in [-0.2, 0) is 4.74 Å². The SMILES string of the molecule is COc1cccc(NC(=S)N[C@H](C[NH+]2CCOCC2)c2ccccc2)c1. The summed E-state index contributed by atoms with van der Waals surface area (Å²) < 4.78 is 10.7. The molecule has 26 heavy (non-hydrogen) atoms. The fraction of sp³-hybridized carbons (Fsp3) is 0.350. The molecule has 0 aliphatic carbocycles. The molecule has 1 atom stereocenters. The van der Waals surface area contributed by atoms with Gasteiger partial charge in [0.1, 0.15) is 31.4 Å². The van der Waals surface area contributed by atoms with Gasteiger partial charge < -0.3 is 25.0 Å². The van der Waals surface area contributed by atoms with Gasteiger partial charge in [0, 0.05) is 11.8 Å². The van der Waals surface area contributed by atoms with Crippen LogP contribution in [0, 0.1) is 0 Å². The summed E-state index contributed by atoms with van der Waals surface area (Å²) in [5.74, 6) is 0.801. The van der Waals surface area contributed by atoms with Gasteiger partial charge in [-0.15, -0.1) is 0 Å². The Balaban J connectivity index is 1.66. The van der Waals surface area contributed by atoms with Gasteiger partial charge >= 0.3 is 0 Å². The molecule has 0 amide bonds. The van der Waals surface area contributed by atoms with Crippen molar-refractivity contribution in [3.05, 3.63) is 60.2 Å². The third kappa shape index (κ3) is 5.42. The van der Waals surface area contributed by atoms with E-state index in [-0.39, 0.29) is 6.04 Å². The highest BCUT2D eigenvalue weighted by Gasteiger charge is 2.22. The molecular formula is C20H26N3O2S+. The zero-order valence-corrected chi connectivity index (χ0v) is 15.9. The zero-order valence-electron chi connectivity index (χ0n) is 15.0. The van der Waals surface area contributed by atoms with E-state index in [1.807, 2.05) is 30.3 Å². The molecule has 2 aromatic rings. The first-order valence-corrected chi connectivity index (χ1v) is 9.33. The second-order valence-electron chi connectivity index (χ2n) is 6.36. The molecule has 0 bridgehead atoms. The number of anilines is 1. The first kappa shape index (κ1) is 18.6. The average Bonchev–Trinajstić information content (AvgIpc) is 2.69. The number of benzene rings is 2. The summed E-state index contributed by atoms with van der Waals surface area (Å²) in [6.07, 6.45) is 0. The maximum absolute atomic E-state index is 5.56. The Bertz CT molecular complexity index is 705. The minimum atomic E-state index is 0.148. The van der Waals surface area contributed by atoms with Crippen LogP contribution >= 0.6 is 12.2 Å². The summed E-state index contributed by atoms with van der Waals surface area (Å²) in [4.78, 5) is 1.53. The van der Waals surface area contributed by atoms with E-state index in [1.165, 1.54) is 10.5 Å². The second kappa shape index (κ2) is 9.52. The molecule has 0 radical (unpaired) electrons. The van der Waals surface area contributed by atoms with Crippen molar-refractivity contribution < 1.29 is 14.4 Å². The smallest absolute Gasteiger partial charge is 0.171 e. The molecule has 0 saturated carbocycles. The number of hydrogen-bond donors (Lipinski definition) is 3. The fourth-order valence-corrected chi connectivity index (χ4v) is 3.38. The van der Waals surface area contributed by atoms with Crippen molar-refractivity contribution in [1.82, 2.24) is 5.32 Å². The molecule has 3 N–H and O–H groups in total. The van der Waals surface area contributed by atoms with Crippen LogP contribution in [0.2, 0.25) is 0 Å². The Hall–Kier alpha value is -2.15. The van der Waals surface area contributed by atoms with Gasteiger partial charge in [-0.05, 0) is 29.9 Å². The van der Waals surface area contributed by atoms with Crippen molar-refractivity contribution in [2.24, 2.45) is 0 Å². The number of morpholine rings is 1. The molecule has 2 aromatic carbocycles. The summed E-state index contributed by atoms with van der Waals surface area (Å²) >= 11 is 5.56. The summed E-state index contributed by atoms with van der Waals surface area (Å²) in [5.41, 5.74) is 2.15. The van der Waals surface area contributed by atoms with Gasteiger partial charge in [0.2, 0.25) is 0 Å². The van der Waals surface area contributed by atoms with Crippen LogP contribution in [0.3, 0.4) is 0 Å². The van der Waals surface area contributed by atoms with Crippen LogP contribution in [0.15, 0.2) is 54.6 Å². The molecule has 0 spiro atoms. The first-order valence-electron chi connectivity index (χ1n) is 8.92. The van der Waals surface area contributed by atoms with Gasteiger partial charge in [0.15, 0.2) is 5.11 Å². The standard InChI is InChI=1S/C20H25N3O2S/c1-24-18-9-5-8-17(14-18)21-20(26)22-19(16-6-3-2-4-7-16)15-23-10-12-25-13-11-23/h2-9,14,19H,10-13,15H2,1H3,(H2,21,22,26)/p+1/t19-/m1/s1. The number of thiocarbonyl (C=S) groups is 1. The van der Waals surface area contributed by atoms with Crippen LogP contribution in [0.1, 0.15) is 11.6 Å². The van der Waals surface area contributed by atoms with Crippen LogP contribution in [0.5, 0.6) is 5.75 Å². The maximum Gasteiger partial charge on any atom is 0.171 e. The van der Waals surface area contributed by atoms with Gasteiger partial charge in [-0.1, -0.05) is 36.4 Å². The van der Waals surface area contributed by atoms with Gasteiger partial charge in [-0.2, -0.15) is 0 Å². The second-order valence-corrected chi connectivity index (χ2v) is 6.77. The van der Waals surface area contributed by atoms with Gasteiger partial charge in [0.05, 0.1) is 20.3 Å². The number of methoxy groups -OCH3 is 1. The van der Waals surface area contributed by atoms with Crippen LogP contribution in [0.25, 0.3) is 0 Å². The number of ether oxygens (including phenoxy) is 2. The van der Waals surface area contributed by atoms with Crippen molar-refractivity contribution in [1.29, 1.82) is 0 Å². The van der Waals surface area contributed by atoms with Crippen LogP contribution in [0.4, 0.5) is 5.69 Å². The fourth-order valence-electron chi connectivity index (χ4n) is 3.12. The quantitative estimate of drug-likeness (QED) is 0.673. The number of nitrogens with one attached hydrogen (secondary N) is 3. The Morgan fingerprint density at radius 2 is 1.92 bits per heavy atom. The van der Waals surface area contributed by atoms with Gasteiger partial charge in [0.25, 0.3) is 0 Å². The van der Waals surface area contributed by atoms with E-state index in [0.717, 1.165) is 44.3 Å². The molecular weight excluding hydrogens is 346 g/mol. The molecule has 0 unspecified atom stereocenters. The van der Waals surface area contributed by atoms with Crippen molar-refractivity contribution in [2.75, 3.05) is 45.3 Å². The molecule has 5 nitrogen and oxygen atoms in total. The molecule has 0 aromatic heterocycles. The normalized spacial score (nSPS) is 15.9. The van der Waals surface area contributed by atoms with E-state index in [9.17, 15) is 0 Å². The average molecular weight is 373 g/mol. The maximum atomic E-state index is 5.56. The minimum absolute atomic E-state index is 0.148. The predicted octanol–water partition coefficient (Wildman–Crippen LogP) is 1.64. The third-order valence-electron chi connectivity index (χ3n) is 4.53. The topological polar surface area (TPSA) is 47.0 Å². The Labute approximate surface area is 160 Å².